The lowest BCUT2D eigenvalue weighted by atomic mass is 9.30. The minimum atomic E-state index is -0.253. The number of benzene rings is 11. The van der Waals surface area contributed by atoms with E-state index < -0.39 is 0 Å². The Morgan fingerprint density at radius 3 is 0.950 bits per heavy atom. The van der Waals surface area contributed by atoms with Crippen molar-refractivity contribution in [2.45, 2.75) is 89.9 Å². The van der Waals surface area contributed by atoms with Gasteiger partial charge in [0, 0.05) is 91.8 Å². The first-order chi connectivity index (χ1) is 48.6. The highest BCUT2D eigenvalue weighted by Crippen LogP contribution is 2.56. The Labute approximate surface area is 588 Å². The molecular weight excluding hydrogens is 1210 g/mol. The molecule has 6 aliphatic rings. The van der Waals surface area contributed by atoms with Crippen LogP contribution in [0.5, 0.6) is 0 Å². The zero-order valence-electron chi connectivity index (χ0n) is 57.9. The lowest BCUT2D eigenvalue weighted by molar-refractivity contribution is 0.402. The lowest BCUT2D eigenvalue weighted by Gasteiger charge is -2.47. The molecule has 13 aromatic rings. The summed E-state index contributed by atoms with van der Waals surface area (Å²) in [4.78, 5) is 27.1. The van der Waals surface area contributed by atoms with Gasteiger partial charge in [0.2, 0.25) is 0 Å². The fourth-order valence-electron chi connectivity index (χ4n) is 18.9. The van der Waals surface area contributed by atoms with Crippen molar-refractivity contribution in [1.29, 1.82) is 0 Å². The van der Waals surface area contributed by atoms with Crippen molar-refractivity contribution >= 4 is 149 Å². The van der Waals surface area contributed by atoms with E-state index in [9.17, 15) is 0 Å². The molecule has 100 heavy (non-hydrogen) atoms. The van der Waals surface area contributed by atoms with E-state index in [0.29, 0.717) is 0 Å². The topological polar surface area (TPSA) is 45.2 Å². The van der Waals surface area contributed by atoms with E-state index in [-0.39, 0.29) is 35.1 Å². The molecule has 0 unspecified atom stereocenters. The normalized spacial score (nSPS) is 16.1. The van der Waals surface area contributed by atoms with Crippen LogP contribution in [-0.2, 0) is 21.7 Å². The van der Waals surface area contributed by atoms with Crippen molar-refractivity contribution in [3.05, 3.63) is 313 Å². The Balaban J connectivity index is 0.925. The number of hydrogen-bond acceptors (Lipinski definition) is 8. The minimum Gasteiger partial charge on any atom is -0.311 e. The molecule has 4 aliphatic heterocycles. The molecule has 0 saturated carbocycles. The second-order valence-corrected chi connectivity index (χ2v) is 30.8. The summed E-state index contributed by atoms with van der Waals surface area (Å²) in [5, 5.41) is 0. The van der Waals surface area contributed by atoms with Gasteiger partial charge >= 0.3 is 0 Å². The van der Waals surface area contributed by atoms with Crippen molar-refractivity contribution in [3.63, 3.8) is 0 Å². The Bertz CT molecular complexity index is 5020. The maximum atomic E-state index is 6.18. The number of pyridine rings is 2. The van der Waals surface area contributed by atoms with Gasteiger partial charge in [0.15, 0.2) is 0 Å². The van der Waals surface area contributed by atoms with Crippen LogP contribution in [0.4, 0.5) is 103 Å². The van der Waals surface area contributed by atoms with E-state index in [4.69, 9.17) is 9.97 Å². The third kappa shape index (κ3) is 9.08. The number of nitrogens with zero attached hydrogens (tertiary/aromatic N) is 8. The highest BCUT2D eigenvalue weighted by Gasteiger charge is 2.51. The molecule has 482 valence electrons. The molecule has 0 fully saturated rings. The van der Waals surface area contributed by atoms with Crippen LogP contribution in [0.1, 0.15) is 90.5 Å². The van der Waals surface area contributed by atoms with Gasteiger partial charge in [-0.15, -0.1) is 0 Å². The average Bonchev–Trinajstić information content (AvgIpc) is 0.845. The molecule has 0 bridgehead atoms. The summed E-state index contributed by atoms with van der Waals surface area (Å²) in [6, 6.07) is 108. The first-order valence-electron chi connectivity index (χ1n) is 35.5. The molecule has 0 saturated heterocycles. The summed E-state index contributed by atoms with van der Waals surface area (Å²) in [5.74, 6) is 3.37. The molecule has 2 aromatic heterocycles. The van der Waals surface area contributed by atoms with Crippen LogP contribution in [0.3, 0.4) is 0 Å². The van der Waals surface area contributed by atoms with E-state index >= 15 is 0 Å². The SMILES string of the molecule is CC1(C)CC(C)(C)c2cc(N3c4ccccc4B4c5cc6c(cc5N(c5ccccc5)c5nc(N(c7ccccc7)c7ccccc7)cc3c54)N(c3ccccc3)c3nc(N(c4ccccc4)c4ccccc4)cc4c3B6c3ccccc3N4c3ccc4c(c3)C(C)(C)CC4(C)C)ccc21. The summed E-state index contributed by atoms with van der Waals surface area (Å²) in [6.07, 6.45) is 2.14. The van der Waals surface area contributed by atoms with Crippen LogP contribution in [0.15, 0.2) is 291 Å². The third-order valence-corrected chi connectivity index (χ3v) is 22.5. The van der Waals surface area contributed by atoms with Crippen molar-refractivity contribution in [3.8, 4) is 0 Å². The van der Waals surface area contributed by atoms with Gasteiger partial charge < -0.3 is 9.80 Å². The zero-order valence-corrected chi connectivity index (χ0v) is 57.9. The molecule has 6 heterocycles. The molecule has 19 rings (SSSR count). The molecular formula is C90H76B2N8. The fourth-order valence-corrected chi connectivity index (χ4v) is 18.9. The number of hydrogen-bond donors (Lipinski definition) is 0. The van der Waals surface area contributed by atoms with E-state index in [1.807, 2.05) is 0 Å². The molecule has 10 heteroatoms. The predicted octanol–water partition coefficient (Wildman–Crippen LogP) is 19.5. The Morgan fingerprint density at radius 1 is 0.270 bits per heavy atom. The van der Waals surface area contributed by atoms with Gasteiger partial charge in [-0.3, -0.25) is 19.6 Å². The van der Waals surface area contributed by atoms with Gasteiger partial charge in [0.05, 0.1) is 0 Å². The molecule has 0 radical (unpaired) electrons. The smallest absolute Gasteiger partial charge is 0.254 e. The third-order valence-electron chi connectivity index (χ3n) is 22.5. The first-order valence-corrected chi connectivity index (χ1v) is 35.5. The maximum absolute atomic E-state index is 6.18. The molecule has 8 nitrogen and oxygen atoms in total. The monoisotopic (exact) mass is 1290 g/mol. The van der Waals surface area contributed by atoms with E-state index in [2.05, 4.69) is 376 Å². The van der Waals surface area contributed by atoms with E-state index in [1.54, 1.807) is 0 Å². The first kappa shape index (κ1) is 59.9. The van der Waals surface area contributed by atoms with Gasteiger partial charge in [0.25, 0.3) is 13.4 Å². The Morgan fingerprint density at radius 2 is 0.590 bits per heavy atom. The van der Waals surface area contributed by atoms with Crippen molar-refractivity contribution in [2.24, 2.45) is 0 Å². The summed E-state index contributed by atoms with van der Waals surface area (Å²) in [6.45, 7) is 18.9. The van der Waals surface area contributed by atoms with Crippen LogP contribution in [0.2, 0.25) is 0 Å². The van der Waals surface area contributed by atoms with Gasteiger partial charge in [-0.1, -0.05) is 219 Å². The molecule has 2 aliphatic carbocycles. The predicted molar refractivity (Wildman–Crippen MR) is 421 cm³/mol. The largest absolute Gasteiger partial charge is 0.311 e. The molecule has 0 N–H and O–H groups in total. The maximum Gasteiger partial charge on any atom is 0.254 e. The summed E-state index contributed by atoms with van der Waals surface area (Å²) < 4.78 is 0. The van der Waals surface area contributed by atoms with Gasteiger partial charge in [0.1, 0.15) is 23.3 Å². The molecule has 0 atom stereocenters. The standard InChI is InChI=1S/C90H76B2N8/c1-87(2)57-89(5,6)69-51-65(47-49-67(69)87)97-75-45-29-27-43-71(75)91-73-53-74-78(54-77(73)99(63-39-23-13-24-40-63)85-83(91)79(97)55-81(93-85)95(59-31-15-9-16-32-59)60-33-17-10-18-34-60)100(64-41-25-14-26-42-64)86-84-80(56-82(94-86)96(61-35-19-11-20-36-61)62-37-21-12-22-38-62)98(76-46-30-28-44-72(76)92(74)84)66-48-50-68-70(52-66)90(7,8)58-88(68,3)4/h9-56H,57-58H2,1-8H3. The molecule has 0 amide bonds. The second kappa shape index (κ2) is 22.1. The summed E-state index contributed by atoms with van der Waals surface area (Å²) in [5.41, 5.74) is 27.8. The van der Waals surface area contributed by atoms with Gasteiger partial charge in [-0.2, -0.15) is 0 Å². The van der Waals surface area contributed by atoms with Crippen LogP contribution >= 0.6 is 0 Å². The second-order valence-electron chi connectivity index (χ2n) is 30.8. The molecule has 11 aromatic carbocycles. The Kier molecular flexibility index (Phi) is 13.2. The summed E-state index contributed by atoms with van der Waals surface area (Å²) in [7, 11) is 0. The fraction of sp³-hybridized carbons (Fsp3) is 0.156. The van der Waals surface area contributed by atoms with Crippen LogP contribution in [-0.4, -0.2) is 23.4 Å². The van der Waals surface area contributed by atoms with E-state index in [1.165, 1.54) is 44.1 Å². The quantitative estimate of drug-likeness (QED) is 0.126. The number of rotatable bonds is 10. The van der Waals surface area contributed by atoms with Crippen LogP contribution < -0.4 is 62.2 Å². The molecule has 0 spiro atoms. The number of anilines is 18. The van der Waals surface area contributed by atoms with Gasteiger partial charge in [-0.25, -0.2) is 9.97 Å². The average molecular weight is 1290 g/mol. The number of para-hydroxylation sites is 8. The number of aromatic nitrogens is 2. The minimum absolute atomic E-state index is 0.0316. The van der Waals surface area contributed by atoms with Crippen molar-refractivity contribution < 1.29 is 0 Å². The Hall–Kier alpha value is -11.4. The van der Waals surface area contributed by atoms with E-state index in [0.717, 1.165) is 127 Å². The van der Waals surface area contributed by atoms with Gasteiger partial charge in [-0.05, 0) is 205 Å². The zero-order chi connectivity index (χ0) is 67.6. The van der Waals surface area contributed by atoms with Crippen LogP contribution in [0, 0.1) is 0 Å². The van der Waals surface area contributed by atoms with Crippen LogP contribution in [0.25, 0.3) is 0 Å². The summed E-state index contributed by atoms with van der Waals surface area (Å²) >= 11 is 0. The highest BCUT2D eigenvalue weighted by molar-refractivity contribution is 7.03. The van der Waals surface area contributed by atoms with Crippen molar-refractivity contribution in [2.75, 3.05) is 29.4 Å². The highest BCUT2D eigenvalue weighted by atomic mass is 15.3. The number of fused-ring (bicyclic) bond motifs is 10. The van der Waals surface area contributed by atoms with Crippen molar-refractivity contribution in [1.82, 2.24) is 9.97 Å². The lowest BCUT2D eigenvalue weighted by Crippen LogP contribution is -2.65.